The minimum Gasteiger partial charge on any atom is -0.464 e. The van der Waals surface area contributed by atoms with Crippen LogP contribution in [0.2, 0.25) is 5.02 Å². The van der Waals surface area contributed by atoms with Crippen molar-refractivity contribution in [2.75, 3.05) is 7.11 Å². The van der Waals surface area contributed by atoms with Crippen LogP contribution in [0.5, 0.6) is 0 Å². The van der Waals surface area contributed by atoms with Gasteiger partial charge in [-0.25, -0.2) is 13.2 Å². The van der Waals surface area contributed by atoms with Gasteiger partial charge in [-0.15, -0.1) is 0 Å². The molecule has 6 heteroatoms. The Kier molecular flexibility index (Phi) is 4.95. The third kappa shape index (κ3) is 3.70. The average Bonchev–Trinajstić information content (AvgIpc) is 2.35. The fourth-order valence-electron chi connectivity index (χ4n) is 1.28. The predicted molar refractivity (Wildman–Crippen MR) is 72.5 cm³/mol. The zero-order valence-electron chi connectivity index (χ0n) is 10.7. The van der Waals surface area contributed by atoms with Crippen LogP contribution in [0.25, 0.3) is 0 Å². The lowest BCUT2D eigenvalue weighted by Gasteiger charge is -2.05. The van der Waals surface area contributed by atoms with Crippen molar-refractivity contribution in [2.45, 2.75) is 18.7 Å². The molecule has 0 aliphatic heterocycles. The molecule has 0 saturated carbocycles. The van der Waals surface area contributed by atoms with Gasteiger partial charge in [-0.05, 0) is 43.7 Å². The third-order valence-electron chi connectivity index (χ3n) is 2.13. The fourth-order valence-corrected chi connectivity index (χ4v) is 2.78. The number of hydrogen-bond donors (Lipinski definition) is 0. The molecule has 0 heterocycles. The van der Waals surface area contributed by atoms with Crippen LogP contribution in [-0.4, -0.2) is 21.5 Å². The number of halogens is 1. The zero-order valence-corrected chi connectivity index (χ0v) is 12.3. The molecule has 0 aliphatic carbocycles. The summed E-state index contributed by atoms with van der Waals surface area (Å²) in [5, 5.41) is 0.407. The van der Waals surface area contributed by atoms with Crippen molar-refractivity contribution in [1.29, 1.82) is 0 Å². The van der Waals surface area contributed by atoms with Crippen LogP contribution < -0.4 is 0 Å². The summed E-state index contributed by atoms with van der Waals surface area (Å²) >= 11 is 5.70. The SMILES string of the molecule is COC(=O)C(=C=C(C)C)S(=O)(=O)c1ccc(Cl)cc1. The van der Waals surface area contributed by atoms with Gasteiger partial charge in [0.1, 0.15) is 0 Å². The summed E-state index contributed by atoms with van der Waals surface area (Å²) in [5.74, 6) is -0.948. The molecule has 0 N–H and O–H groups in total. The van der Waals surface area contributed by atoms with Crippen molar-refractivity contribution < 1.29 is 17.9 Å². The average molecular weight is 301 g/mol. The van der Waals surface area contributed by atoms with Crippen LogP contribution in [0.15, 0.2) is 45.4 Å². The Balaban J connectivity index is 3.50. The lowest BCUT2D eigenvalue weighted by atomic mass is 10.3. The Hall–Kier alpha value is -1.55. The molecule has 0 amide bonds. The standard InChI is InChI=1S/C13H13ClO4S/c1-9(2)8-12(13(15)18-3)19(16,17)11-6-4-10(14)5-7-11/h4-7H,1-3H3. The summed E-state index contributed by atoms with van der Waals surface area (Å²) in [4.78, 5) is 11.0. The van der Waals surface area contributed by atoms with Crippen molar-refractivity contribution in [3.8, 4) is 0 Å². The van der Waals surface area contributed by atoms with E-state index in [1.54, 1.807) is 13.8 Å². The minimum atomic E-state index is -3.97. The number of carbonyl (C=O) groups excluding carboxylic acids is 1. The van der Waals surface area contributed by atoms with Crippen molar-refractivity contribution in [1.82, 2.24) is 0 Å². The Labute approximate surface area is 117 Å². The van der Waals surface area contributed by atoms with Crippen molar-refractivity contribution in [3.63, 3.8) is 0 Å². The fraction of sp³-hybridized carbons (Fsp3) is 0.231. The Morgan fingerprint density at radius 1 is 1.21 bits per heavy atom. The second kappa shape index (κ2) is 6.06. The summed E-state index contributed by atoms with van der Waals surface area (Å²) in [6, 6.07) is 5.53. The minimum absolute atomic E-state index is 0.0361. The van der Waals surface area contributed by atoms with Gasteiger partial charge >= 0.3 is 5.97 Å². The van der Waals surface area contributed by atoms with Gasteiger partial charge < -0.3 is 4.74 Å². The molecule has 0 atom stereocenters. The largest absolute Gasteiger partial charge is 0.464 e. The second-order valence-corrected chi connectivity index (χ2v) is 6.23. The van der Waals surface area contributed by atoms with E-state index < -0.39 is 20.7 Å². The smallest absolute Gasteiger partial charge is 0.357 e. The van der Waals surface area contributed by atoms with Gasteiger partial charge in [0.25, 0.3) is 0 Å². The van der Waals surface area contributed by atoms with Crippen LogP contribution in [0, 0.1) is 0 Å². The molecule has 0 spiro atoms. The van der Waals surface area contributed by atoms with E-state index >= 15 is 0 Å². The lowest BCUT2D eigenvalue weighted by molar-refractivity contribution is -0.135. The van der Waals surface area contributed by atoms with E-state index in [-0.39, 0.29) is 4.90 Å². The first-order chi connectivity index (χ1) is 8.78. The van der Waals surface area contributed by atoms with Gasteiger partial charge in [0.15, 0.2) is 4.91 Å². The van der Waals surface area contributed by atoms with E-state index in [1.165, 1.54) is 24.3 Å². The van der Waals surface area contributed by atoms with Crippen LogP contribution >= 0.6 is 11.6 Å². The van der Waals surface area contributed by atoms with Gasteiger partial charge in [0, 0.05) is 5.02 Å². The maximum atomic E-state index is 12.3. The van der Waals surface area contributed by atoms with E-state index in [1.807, 2.05) is 0 Å². The maximum Gasteiger partial charge on any atom is 0.357 e. The number of methoxy groups -OCH3 is 1. The molecular weight excluding hydrogens is 288 g/mol. The first-order valence-corrected chi connectivity index (χ1v) is 7.18. The van der Waals surface area contributed by atoms with Crippen molar-refractivity contribution in [2.24, 2.45) is 0 Å². The highest BCUT2D eigenvalue weighted by Gasteiger charge is 2.27. The highest BCUT2D eigenvalue weighted by molar-refractivity contribution is 7.96. The molecule has 0 aliphatic rings. The molecular formula is C13H13ClO4S. The summed E-state index contributed by atoms with van der Waals surface area (Å²) in [6.07, 6.45) is 0. The molecule has 0 radical (unpaired) electrons. The number of hydrogen-bond acceptors (Lipinski definition) is 4. The third-order valence-corrected chi connectivity index (χ3v) is 4.08. The molecule has 0 aromatic heterocycles. The number of sulfone groups is 1. The maximum absolute atomic E-state index is 12.3. The number of carbonyl (C=O) groups is 1. The molecule has 1 aromatic rings. The van der Waals surface area contributed by atoms with Crippen LogP contribution in [-0.2, 0) is 19.4 Å². The monoisotopic (exact) mass is 300 g/mol. The van der Waals surface area contributed by atoms with Gasteiger partial charge in [-0.2, -0.15) is 0 Å². The number of ether oxygens (including phenoxy) is 1. The van der Waals surface area contributed by atoms with Gasteiger partial charge in [0.2, 0.25) is 9.84 Å². The molecule has 0 unspecified atom stereocenters. The predicted octanol–water partition coefficient (Wildman–Crippen LogP) is 2.74. The molecule has 0 saturated heterocycles. The number of rotatable bonds is 3. The first-order valence-electron chi connectivity index (χ1n) is 5.32. The van der Waals surface area contributed by atoms with Crippen molar-refractivity contribution in [3.05, 3.63) is 45.5 Å². The first kappa shape index (κ1) is 15.5. The van der Waals surface area contributed by atoms with Crippen molar-refractivity contribution >= 4 is 27.4 Å². The molecule has 19 heavy (non-hydrogen) atoms. The van der Waals surface area contributed by atoms with E-state index in [2.05, 4.69) is 10.5 Å². The number of benzene rings is 1. The highest BCUT2D eigenvalue weighted by atomic mass is 35.5. The summed E-state index contributed by atoms with van der Waals surface area (Å²) in [6.45, 7) is 3.28. The van der Waals surface area contributed by atoms with Crippen LogP contribution in [0.4, 0.5) is 0 Å². The zero-order chi connectivity index (χ0) is 14.6. The summed E-state index contributed by atoms with van der Waals surface area (Å²) in [7, 11) is -2.86. The highest BCUT2D eigenvalue weighted by Crippen LogP contribution is 2.21. The number of esters is 1. The van der Waals surface area contributed by atoms with E-state index in [0.717, 1.165) is 7.11 Å². The summed E-state index contributed by atoms with van der Waals surface area (Å²) < 4.78 is 29.1. The molecule has 0 bridgehead atoms. The second-order valence-electron chi connectivity index (χ2n) is 3.90. The molecule has 1 rings (SSSR count). The quantitative estimate of drug-likeness (QED) is 0.489. The Morgan fingerprint density at radius 2 is 1.74 bits per heavy atom. The van der Waals surface area contributed by atoms with Crippen LogP contribution in [0.3, 0.4) is 0 Å². The van der Waals surface area contributed by atoms with E-state index in [4.69, 9.17) is 11.6 Å². The molecule has 4 nitrogen and oxygen atoms in total. The normalized spacial score (nSPS) is 10.5. The van der Waals surface area contributed by atoms with E-state index in [0.29, 0.717) is 10.6 Å². The lowest BCUT2D eigenvalue weighted by Crippen LogP contribution is -2.14. The van der Waals surface area contributed by atoms with Gasteiger partial charge in [0.05, 0.1) is 12.0 Å². The van der Waals surface area contributed by atoms with Crippen LogP contribution in [0.1, 0.15) is 13.8 Å². The summed E-state index contributed by atoms with van der Waals surface area (Å²) in [5.41, 5.74) is 3.08. The Morgan fingerprint density at radius 3 is 2.16 bits per heavy atom. The Bertz CT molecular complexity index is 646. The molecule has 0 fully saturated rings. The molecule has 1 aromatic carbocycles. The van der Waals surface area contributed by atoms with Gasteiger partial charge in [-0.1, -0.05) is 17.3 Å². The molecule has 102 valence electrons. The van der Waals surface area contributed by atoms with Gasteiger partial charge in [-0.3, -0.25) is 0 Å². The topological polar surface area (TPSA) is 60.4 Å². The van der Waals surface area contributed by atoms with E-state index in [9.17, 15) is 13.2 Å².